The van der Waals surface area contributed by atoms with E-state index in [0.717, 1.165) is 5.56 Å². The lowest BCUT2D eigenvalue weighted by molar-refractivity contribution is 0.0121. The summed E-state index contributed by atoms with van der Waals surface area (Å²) in [6.07, 6.45) is -1.08. The summed E-state index contributed by atoms with van der Waals surface area (Å²) in [5, 5.41) is 18.6. The van der Waals surface area contributed by atoms with E-state index in [2.05, 4.69) is 0 Å². The summed E-state index contributed by atoms with van der Waals surface area (Å²) >= 11 is 0. The maximum atomic E-state index is 11.3. The molecule has 1 aromatic rings. The van der Waals surface area contributed by atoms with E-state index in [1.165, 1.54) is 4.90 Å². The molecular weight excluding hydrogens is 262 g/mol. The van der Waals surface area contributed by atoms with Crippen molar-refractivity contribution in [1.29, 1.82) is 0 Å². The average molecular weight is 283 g/mol. The molecule has 0 spiro atoms. The number of methoxy groups -OCH3 is 1. The van der Waals surface area contributed by atoms with E-state index in [1.54, 1.807) is 7.11 Å². The van der Waals surface area contributed by atoms with E-state index < -0.39 is 12.1 Å². The monoisotopic (exact) mass is 283 g/mol. The van der Waals surface area contributed by atoms with Gasteiger partial charge in [-0.15, -0.1) is 0 Å². The quantitative estimate of drug-likeness (QED) is 0.666. The summed E-state index contributed by atoms with van der Waals surface area (Å²) < 4.78 is 10.1. The van der Waals surface area contributed by atoms with Crippen LogP contribution in [-0.2, 0) is 16.0 Å². The van der Waals surface area contributed by atoms with E-state index in [1.807, 2.05) is 30.3 Å². The van der Waals surface area contributed by atoms with Crippen molar-refractivity contribution in [2.75, 3.05) is 33.5 Å². The van der Waals surface area contributed by atoms with Crippen LogP contribution in [0.3, 0.4) is 0 Å². The smallest absolute Gasteiger partial charge is 0.408 e. The van der Waals surface area contributed by atoms with Gasteiger partial charge in [-0.05, 0) is 5.56 Å². The van der Waals surface area contributed by atoms with Crippen LogP contribution >= 0.6 is 0 Å². The number of aliphatic hydroxyl groups excluding tert-OH is 1. The SMILES string of the molecule is COCCOC[C@@H](CO)N(Cc1ccccc1)C(=O)O. The Labute approximate surface area is 118 Å². The molecule has 2 N–H and O–H groups in total. The highest BCUT2D eigenvalue weighted by Gasteiger charge is 2.23. The van der Waals surface area contributed by atoms with Crippen molar-refractivity contribution >= 4 is 6.09 Å². The van der Waals surface area contributed by atoms with Crippen molar-refractivity contribution in [3.63, 3.8) is 0 Å². The molecule has 6 heteroatoms. The number of ether oxygens (including phenoxy) is 2. The number of aliphatic hydroxyl groups is 1. The van der Waals surface area contributed by atoms with Gasteiger partial charge in [0.2, 0.25) is 0 Å². The molecule has 0 bridgehead atoms. The van der Waals surface area contributed by atoms with Gasteiger partial charge in [0.1, 0.15) is 0 Å². The Hall–Kier alpha value is -1.63. The van der Waals surface area contributed by atoms with Crippen LogP contribution in [0.2, 0.25) is 0 Å². The van der Waals surface area contributed by atoms with E-state index in [0.29, 0.717) is 13.2 Å². The Morgan fingerprint density at radius 1 is 1.30 bits per heavy atom. The van der Waals surface area contributed by atoms with Gasteiger partial charge in [0, 0.05) is 13.7 Å². The first-order valence-electron chi connectivity index (χ1n) is 6.40. The number of nitrogens with zero attached hydrogens (tertiary/aromatic N) is 1. The van der Waals surface area contributed by atoms with Gasteiger partial charge in [-0.1, -0.05) is 30.3 Å². The van der Waals surface area contributed by atoms with Crippen molar-refractivity contribution in [1.82, 2.24) is 4.90 Å². The predicted octanol–water partition coefficient (Wildman–Crippen LogP) is 1.19. The molecule has 0 heterocycles. The molecule has 0 saturated heterocycles. The fourth-order valence-electron chi connectivity index (χ4n) is 1.74. The van der Waals surface area contributed by atoms with Gasteiger partial charge < -0.3 is 19.7 Å². The van der Waals surface area contributed by atoms with Gasteiger partial charge in [-0.3, -0.25) is 4.90 Å². The van der Waals surface area contributed by atoms with Crippen LogP contribution in [0.5, 0.6) is 0 Å². The summed E-state index contributed by atoms with van der Waals surface area (Å²) in [6.45, 7) is 0.871. The number of rotatable bonds is 9. The minimum atomic E-state index is -1.08. The molecule has 0 aliphatic carbocycles. The number of carbonyl (C=O) groups is 1. The molecule has 112 valence electrons. The third kappa shape index (κ3) is 5.56. The van der Waals surface area contributed by atoms with Gasteiger partial charge in [-0.2, -0.15) is 0 Å². The molecule has 0 radical (unpaired) electrons. The third-order valence-electron chi connectivity index (χ3n) is 2.83. The van der Waals surface area contributed by atoms with Gasteiger partial charge in [0.15, 0.2) is 0 Å². The highest BCUT2D eigenvalue weighted by atomic mass is 16.5. The molecule has 1 amide bonds. The number of amides is 1. The fraction of sp³-hybridized carbons (Fsp3) is 0.500. The zero-order valence-corrected chi connectivity index (χ0v) is 11.6. The third-order valence-corrected chi connectivity index (χ3v) is 2.83. The molecule has 0 saturated carbocycles. The standard InChI is InChI=1S/C14H21NO5/c1-19-7-8-20-11-13(10-16)15(14(17)18)9-12-5-3-2-4-6-12/h2-6,13,16H,7-11H2,1H3,(H,17,18)/t13-/m1/s1. The lowest BCUT2D eigenvalue weighted by Crippen LogP contribution is -2.44. The highest BCUT2D eigenvalue weighted by Crippen LogP contribution is 2.09. The summed E-state index contributed by atoms with van der Waals surface area (Å²) in [7, 11) is 1.56. The summed E-state index contributed by atoms with van der Waals surface area (Å²) in [6, 6.07) is 8.65. The largest absolute Gasteiger partial charge is 0.465 e. The van der Waals surface area contributed by atoms with E-state index in [9.17, 15) is 15.0 Å². The van der Waals surface area contributed by atoms with Crippen LogP contribution in [0.25, 0.3) is 0 Å². The lowest BCUT2D eigenvalue weighted by Gasteiger charge is -2.28. The summed E-state index contributed by atoms with van der Waals surface area (Å²) in [5.41, 5.74) is 0.866. The van der Waals surface area contributed by atoms with Gasteiger partial charge in [0.25, 0.3) is 0 Å². The maximum Gasteiger partial charge on any atom is 0.408 e. The first-order chi connectivity index (χ1) is 9.69. The molecular formula is C14H21NO5. The normalized spacial score (nSPS) is 12.1. The van der Waals surface area contributed by atoms with E-state index in [4.69, 9.17) is 9.47 Å². The molecule has 0 fully saturated rings. The molecule has 0 unspecified atom stereocenters. The number of hydrogen-bond acceptors (Lipinski definition) is 4. The van der Waals surface area contributed by atoms with Crippen LogP contribution in [0.4, 0.5) is 4.79 Å². The first-order valence-corrected chi connectivity index (χ1v) is 6.40. The van der Waals surface area contributed by atoms with Crippen molar-refractivity contribution in [3.8, 4) is 0 Å². The molecule has 1 aromatic carbocycles. The number of carboxylic acid groups (broad SMARTS) is 1. The van der Waals surface area contributed by atoms with Gasteiger partial charge >= 0.3 is 6.09 Å². The molecule has 0 aromatic heterocycles. The molecule has 1 atom stereocenters. The number of hydrogen-bond donors (Lipinski definition) is 2. The Balaban J connectivity index is 2.60. The Morgan fingerprint density at radius 3 is 2.55 bits per heavy atom. The minimum absolute atomic E-state index is 0.138. The van der Waals surface area contributed by atoms with Crippen LogP contribution in [0.1, 0.15) is 5.56 Å². The van der Waals surface area contributed by atoms with Crippen molar-refractivity contribution in [2.45, 2.75) is 12.6 Å². The maximum absolute atomic E-state index is 11.3. The fourth-order valence-corrected chi connectivity index (χ4v) is 1.74. The zero-order chi connectivity index (χ0) is 14.8. The first kappa shape index (κ1) is 16.4. The van der Waals surface area contributed by atoms with E-state index in [-0.39, 0.29) is 19.8 Å². The average Bonchev–Trinajstić information content (AvgIpc) is 2.46. The van der Waals surface area contributed by atoms with Crippen LogP contribution in [-0.4, -0.2) is 60.8 Å². The van der Waals surface area contributed by atoms with Gasteiger partial charge in [-0.25, -0.2) is 4.79 Å². The van der Waals surface area contributed by atoms with Gasteiger partial charge in [0.05, 0.1) is 32.5 Å². The lowest BCUT2D eigenvalue weighted by atomic mass is 10.2. The van der Waals surface area contributed by atoms with Crippen LogP contribution < -0.4 is 0 Å². The van der Waals surface area contributed by atoms with Crippen LogP contribution in [0, 0.1) is 0 Å². The van der Waals surface area contributed by atoms with E-state index >= 15 is 0 Å². The second-order valence-electron chi connectivity index (χ2n) is 4.30. The molecule has 6 nitrogen and oxygen atoms in total. The molecule has 0 aliphatic heterocycles. The van der Waals surface area contributed by atoms with Crippen molar-refractivity contribution in [3.05, 3.63) is 35.9 Å². The Kier molecular flexibility index (Phi) is 7.64. The van der Waals surface area contributed by atoms with Crippen LogP contribution in [0.15, 0.2) is 30.3 Å². The number of benzene rings is 1. The minimum Gasteiger partial charge on any atom is -0.465 e. The Bertz CT molecular complexity index is 384. The summed E-state index contributed by atoms with van der Waals surface area (Å²) in [5.74, 6) is 0. The highest BCUT2D eigenvalue weighted by molar-refractivity contribution is 5.65. The topological polar surface area (TPSA) is 79.2 Å². The second kappa shape index (κ2) is 9.30. The Morgan fingerprint density at radius 2 is 2.00 bits per heavy atom. The predicted molar refractivity (Wildman–Crippen MR) is 73.6 cm³/mol. The molecule has 0 aliphatic rings. The molecule has 20 heavy (non-hydrogen) atoms. The summed E-state index contributed by atoms with van der Waals surface area (Å²) in [4.78, 5) is 12.5. The zero-order valence-electron chi connectivity index (χ0n) is 11.6. The molecule has 1 rings (SSSR count). The van der Waals surface area contributed by atoms with Crippen molar-refractivity contribution < 1.29 is 24.5 Å². The van der Waals surface area contributed by atoms with Crippen molar-refractivity contribution in [2.24, 2.45) is 0 Å². The second-order valence-corrected chi connectivity index (χ2v) is 4.30.